The van der Waals surface area contributed by atoms with Crippen molar-refractivity contribution in [2.45, 2.75) is 13.8 Å². The van der Waals surface area contributed by atoms with Crippen molar-refractivity contribution < 1.29 is 4.79 Å². The Kier molecular flexibility index (Phi) is 10.3. The molecule has 0 spiro atoms. The van der Waals surface area contributed by atoms with E-state index in [1.807, 2.05) is 13.8 Å². The minimum Gasteiger partial charge on any atom is -0.345 e. The van der Waals surface area contributed by atoms with Crippen molar-refractivity contribution in [1.82, 2.24) is 4.90 Å². The lowest BCUT2D eigenvalue weighted by Gasteiger charge is -2.03. The lowest BCUT2D eigenvalue weighted by molar-refractivity contribution is -0.123. The van der Waals surface area contributed by atoms with Gasteiger partial charge in [0.1, 0.15) is 0 Å². The molecule has 0 aromatic rings. The maximum absolute atomic E-state index is 10.7. The van der Waals surface area contributed by atoms with Gasteiger partial charge in [-0.1, -0.05) is 32.6 Å². The van der Waals surface area contributed by atoms with Crippen molar-refractivity contribution in [2.75, 3.05) is 14.1 Å². The predicted molar refractivity (Wildman–Crippen MR) is 49.4 cm³/mol. The van der Waals surface area contributed by atoms with Gasteiger partial charge in [-0.25, -0.2) is 0 Å². The zero-order valence-corrected chi connectivity index (χ0v) is 7.79. The van der Waals surface area contributed by atoms with Gasteiger partial charge in [-0.15, -0.1) is 0 Å². The third kappa shape index (κ3) is 8.95. The van der Waals surface area contributed by atoms with Gasteiger partial charge in [0.05, 0.1) is 0 Å². The number of carbonyl (C=O) groups is 1. The van der Waals surface area contributed by atoms with E-state index in [4.69, 9.17) is 0 Å². The SMILES string of the molecule is C=C/C=C\C(=O)N(C)C.CC. The molecule has 0 fully saturated rings. The van der Waals surface area contributed by atoms with E-state index in [2.05, 4.69) is 6.58 Å². The van der Waals surface area contributed by atoms with Gasteiger partial charge in [0.15, 0.2) is 0 Å². The smallest absolute Gasteiger partial charge is 0.246 e. The Balaban J connectivity index is 0. The molecule has 0 aromatic heterocycles. The lowest BCUT2D eigenvalue weighted by Crippen LogP contribution is -2.18. The zero-order valence-electron chi connectivity index (χ0n) is 7.79. The second kappa shape index (κ2) is 8.95. The first-order chi connectivity index (χ1) is 5.18. The Morgan fingerprint density at radius 3 is 2.09 bits per heavy atom. The summed E-state index contributed by atoms with van der Waals surface area (Å²) >= 11 is 0. The normalized spacial score (nSPS) is 8.36. The second-order valence-electron chi connectivity index (χ2n) is 1.83. The van der Waals surface area contributed by atoms with Gasteiger partial charge in [0.2, 0.25) is 5.91 Å². The van der Waals surface area contributed by atoms with Crippen LogP contribution in [0.15, 0.2) is 24.8 Å². The minimum absolute atomic E-state index is 0.0186. The highest BCUT2D eigenvalue weighted by Gasteiger charge is 1.93. The van der Waals surface area contributed by atoms with Crippen LogP contribution in [-0.2, 0) is 4.79 Å². The highest BCUT2D eigenvalue weighted by atomic mass is 16.2. The summed E-state index contributed by atoms with van der Waals surface area (Å²) in [5.41, 5.74) is 0. The van der Waals surface area contributed by atoms with Gasteiger partial charge in [-0.05, 0) is 0 Å². The Morgan fingerprint density at radius 1 is 1.36 bits per heavy atom. The van der Waals surface area contributed by atoms with Crippen molar-refractivity contribution in [3.05, 3.63) is 24.8 Å². The van der Waals surface area contributed by atoms with Crippen LogP contribution in [-0.4, -0.2) is 24.9 Å². The standard InChI is InChI=1S/C7H11NO.C2H6/c1-4-5-6-7(9)8(2)3;1-2/h4-6H,1H2,2-3H3;1-2H3/b6-5-;. The van der Waals surface area contributed by atoms with Crippen LogP contribution >= 0.6 is 0 Å². The van der Waals surface area contributed by atoms with Gasteiger partial charge >= 0.3 is 0 Å². The summed E-state index contributed by atoms with van der Waals surface area (Å²) < 4.78 is 0. The van der Waals surface area contributed by atoms with E-state index in [-0.39, 0.29) is 5.91 Å². The molecule has 2 nitrogen and oxygen atoms in total. The molecule has 0 aromatic carbocycles. The van der Waals surface area contributed by atoms with Gasteiger partial charge in [-0.2, -0.15) is 0 Å². The first-order valence-corrected chi connectivity index (χ1v) is 3.69. The molecule has 0 heterocycles. The molecule has 0 rings (SSSR count). The number of carbonyl (C=O) groups excluding carboxylic acids is 1. The van der Waals surface area contributed by atoms with E-state index in [1.165, 1.54) is 11.0 Å². The van der Waals surface area contributed by atoms with Gasteiger partial charge in [0, 0.05) is 20.2 Å². The van der Waals surface area contributed by atoms with E-state index in [9.17, 15) is 4.79 Å². The fourth-order valence-corrected chi connectivity index (χ4v) is 0.299. The van der Waals surface area contributed by atoms with E-state index < -0.39 is 0 Å². The first kappa shape index (κ1) is 12.6. The first-order valence-electron chi connectivity index (χ1n) is 3.69. The molecule has 2 heteroatoms. The van der Waals surface area contributed by atoms with Crippen LogP contribution in [0, 0.1) is 0 Å². The fourth-order valence-electron chi connectivity index (χ4n) is 0.299. The lowest BCUT2D eigenvalue weighted by atomic mass is 10.4. The van der Waals surface area contributed by atoms with Gasteiger partial charge in [0.25, 0.3) is 0 Å². The van der Waals surface area contributed by atoms with Crippen molar-refractivity contribution in [2.24, 2.45) is 0 Å². The molecule has 0 radical (unpaired) electrons. The number of nitrogens with zero attached hydrogens (tertiary/aromatic N) is 1. The molecule has 0 N–H and O–H groups in total. The topological polar surface area (TPSA) is 20.3 Å². The minimum atomic E-state index is -0.0186. The Morgan fingerprint density at radius 2 is 1.82 bits per heavy atom. The molecular formula is C9H17NO. The largest absolute Gasteiger partial charge is 0.345 e. The number of hydrogen-bond donors (Lipinski definition) is 0. The summed E-state index contributed by atoms with van der Waals surface area (Å²) in [6.45, 7) is 7.43. The third-order valence-electron chi connectivity index (χ3n) is 0.816. The number of allylic oxidation sites excluding steroid dienone is 2. The van der Waals surface area contributed by atoms with E-state index >= 15 is 0 Å². The second-order valence-corrected chi connectivity index (χ2v) is 1.83. The molecule has 0 atom stereocenters. The maximum atomic E-state index is 10.7. The number of amides is 1. The summed E-state index contributed by atoms with van der Waals surface area (Å²) in [6.07, 6.45) is 4.65. The zero-order chi connectivity index (χ0) is 9.28. The highest BCUT2D eigenvalue weighted by Crippen LogP contribution is 1.80. The van der Waals surface area contributed by atoms with Gasteiger partial charge in [-0.3, -0.25) is 4.79 Å². The monoisotopic (exact) mass is 155 g/mol. The summed E-state index contributed by atoms with van der Waals surface area (Å²) in [6, 6.07) is 0. The van der Waals surface area contributed by atoms with Crippen LogP contribution in [0.4, 0.5) is 0 Å². The summed E-state index contributed by atoms with van der Waals surface area (Å²) in [5.74, 6) is -0.0186. The van der Waals surface area contributed by atoms with E-state index in [0.717, 1.165) is 0 Å². The highest BCUT2D eigenvalue weighted by molar-refractivity contribution is 5.87. The number of likely N-dealkylation sites (N-methyl/N-ethyl adjacent to an activating group) is 1. The summed E-state index contributed by atoms with van der Waals surface area (Å²) in [5, 5.41) is 0. The molecule has 64 valence electrons. The quantitative estimate of drug-likeness (QED) is 0.440. The van der Waals surface area contributed by atoms with Crippen LogP contribution in [0.5, 0.6) is 0 Å². The predicted octanol–water partition coefficient (Wildman–Crippen LogP) is 1.84. The average molecular weight is 155 g/mol. The fraction of sp³-hybridized carbons (Fsp3) is 0.444. The molecule has 0 saturated heterocycles. The Bertz CT molecular complexity index is 136. The van der Waals surface area contributed by atoms with Crippen LogP contribution < -0.4 is 0 Å². The van der Waals surface area contributed by atoms with Crippen LogP contribution in [0.2, 0.25) is 0 Å². The number of hydrogen-bond acceptors (Lipinski definition) is 1. The summed E-state index contributed by atoms with van der Waals surface area (Å²) in [7, 11) is 3.41. The Hall–Kier alpha value is -1.05. The van der Waals surface area contributed by atoms with Crippen molar-refractivity contribution in [1.29, 1.82) is 0 Å². The molecular weight excluding hydrogens is 138 g/mol. The van der Waals surface area contributed by atoms with Gasteiger partial charge < -0.3 is 4.90 Å². The van der Waals surface area contributed by atoms with Crippen LogP contribution in [0.3, 0.4) is 0 Å². The molecule has 0 bridgehead atoms. The Labute approximate surface area is 69.2 Å². The maximum Gasteiger partial charge on any atom is 0.246 e. The number of rotatable bonds is 2. The van der Waals surface area contributed by atoms with Crippen molar-refractivity contribution in [3.63, 3.8) is 0 Å². The van der Waals surface area contributed by atoms with Crippen LogP contribution in [0.25, 0.3) is 0 Å². The molecule has 0 aliphatic rings. The van der Waals surface area contributed by atoms with Crippen LogP contribution in [0.1, 0.15) is 13.8 Å². The average Bonchev–Trinajstić information content (AvgIpc) is 2.03. The summed E-state index contributed by atoms with van der Waals surface area (Å²) in [4.78, 5) is 12.2. The van der Waals surface area contributed by atoms with Crippen molar-refractivity contribution in [3.8, 4) is 0 Å². The molecule has 0 saturated carbocycles. The molecule has 0 aliphatic carbocycles. The third-order valence-corrected chi connectivity index (χ3v) is 0.816. The molecule has 0 aliphatic heterocycles. The molecule has 1 amide bonds. The van der Waals surface area contributed by atoms with E-state index in [0.29, 0.717) is 0 Å². The molecule has 0 unspecified atom stereocenters. The van der Waals surface area contributed by atoms with E-state index in [1.54, 1.807) is 26.2 Å². The molecule has 11 heavy (non-hydrogen) atoms. The van der Waals surface area contributed by atoms with Crippen molar-refractivity contribution >= 4 is 5.91 Å².